The molecule has 0 aliphatic heterocycles. The number of hydrogen-bond acceptors (Lipinski definition) is 4. The van der Waals surface area contributed by atoms with E-state index in [9.17, 15) is 0 Å². The second kappa shape index (κ2) is 6.15. The van der Waals surface area contributed by atoms with Crippen LogP contribution in [0, 0.1) is 0 Å². The highest BCUT2D eigenvalue weighted by molar-refractivity contribution is 7.81. The van der Waals surface area contributed by atoms with Crippen LogP contribution >= 0.6 is 23.6 Å². The highest BCUT2D eigenvalue weighted by atomic mass is 32.1. The van der Waals surface area contributed by atoms with Gasteiger partial charge in [-0.1, -0.05) is 25.6 Å². The number of rotatable bonds is 6. The van der Waals surface area contributed by atoms with Crippen LogP contribution in [-0.2, 0) is 17.6 Å². The van der Waals surface area contributed by atoms with Crippen molar-refractivity contribution >= 4 is 28.5 Å². The molecule has 0 atom stereocenters. The van der Waals surface area contributed by atoms with Crippen LogP contribution in [0.3, 0.4) is 0 Å². The molecule has 3 nitrogen and oxygen atoms in total. The number of aromatic nitrogens is 1. The number of methoxy groups -OCH3 is 1. The highest BCUT2D eigenvalue weighted by Gasteiger charge is 2.12. The maximum atomic E-state index is 5.66. The molecule has 0 bridgehead atoms. The Morgan fingerprint density at radius 2 is 2.27 bits per heavy atom. The number of thiazole rings is 1. The van der Waals surface area contributed by atoms with Crippen LogP contribution in [0.25, 0.3) is 0 Å². The standard InChI is InChI=1S/C10H16N2OS2/c1-3-4-7-9(10(11)14)15-8(12-7)5-6-13-2/h3-6H2,1-2H3,(H2,11,14). The molecule has 5 heteroatoms. The molecule has 84 valence electrons. The zero-order valence-corrected chi connectivity index (χ0v) is 10.7. The maximum absolute atomic E-state index is 5.66. The molecular weight excluding hydrogens is 228 g/mol. The van der Waals surface area contributed by atoms with Crippen molar-refractivity contribution in [2.45, 2.75) is 26.2 Å². The minimum absolute atomic E-state index is 0.458. The third-order valence-electron chi connectivity index (χ3n) is 1.97. The Morgan fingerprint density at radius 1 is 1.53 bits per heavy atom. The van der Waals surface area contributed by atoms with Crippen LogP contribution in [0.15, 0.2) is 0 Å². The Balaban J connectivity index is 2.83. The van der Waals surface area contributed by atoms with Crippen LogP contribution in [0.5, 0.6) is 0 Å². The molecule has 0 aliphatic carbocycles. The van der Waals surface area contributed by atoms with Gasteiger partial charge in [-0.25, -0.2) is 4.98 Å². The molecule has 0 amide bonds. The molecule has 0 unspecified atom stereocenters. The molecule has 15 heavy (non-hydrogen) atoms. The maximum Gasteiger partial charge on any atom is 0.116 e. The number of nitrogens with zero attached hydrogens (tertiary/aromatic N) is 1. The van der Waals surface area contributed by atoms with Gasteiger partial charge in [0.05, 0.1) is 22.2 Å². The van der Waals surface area contributed by atoms with Gasteiger partial charge in [0.2, 0.25) is 0 Å². The lowest BCUT2D eigenvalue weighted by atomic mass is 10.2. The van der Waals surface area contributed by atoms with E-state index in [1.807, 2.05) is 0 Å². The summed E-state index contributed by atoms with van der Waals surface area (Å²) in [6.45, 7) is 2.81. The van der Waals surface area contributed by atoms with Crippen LogP contribution < -0.4 is 5.73 Å². The number of thiocarbonyl (C=S) groups is 1. The lowest BCUT2D eigenvalue weighted by Gasteiger charge is -1.96. The monoisotopic (exact) mass is 244 g/mol. The fraction of sp³-hybridized carbons (Fsp3) is 0.600. The van der Waals surface area contributed by atoms with E-state index in [4.69, 9.17) is 22.7 Å². The molecule has 2 N–H and O–H groups in total. The Bertz CT molecular complexity index is 336. The van der Waals surface area contributed by atoms with Crippen molar-refractivity contribution in [1.29, 1.82) is 0 Å². The minimum Gasteiger partial charge on any atom is -0.389 e. The van der Waals surface area contributed by atoms with Gasteiger partial charge >= 0.3 is 0 Å². The van der Waals surface area contributed by atoms with Gasteiger partial charge in [-0.2, -0.15) is 0 Å². The lowest BCUT2D eigenvalue weighted by molar-refractivity contribution is 0.202. The summed E-state index contributed by atoms with van der Waals surface area (Å²) in [5.41, 5.74) is 6.70. The van der Waals surface area contributed by atoms with Crippen molar-refractivity contribution in [3.05, 3.63) is 15.6 Å². The zero-order valence-electron chi connectivity index (χ0n) is 9.08. The molecule has 0 saturated heterocycles. The van der Waals surface area contributed by atoms with Gasteiger partial charge in [0, 0.05) is 13.5 Å². The third-order valence-corrected chi connectivity index (χ3v) is 3.50. The van der Waals surface area contributed by atoms with Gasteiger partial charge in [-0.05, 0) is 6.42 Å². The van der Waals surface area contributed by atoms with E-state index in [2.05, 4.69) is 11.9 Å². The summed E-state index contributed by atoms with van der Waals surface area (Å²) >= 11 is 6.60. The Labute approximate surface area is 99.7 Å². The second-order valence-electron chi connectivity index (χ2n) is 3.24. The molecular formula is C10H16N2OS2. The zero-order chi connectivity index (χ0) is 11.3. The third kappa shape index (κ3) is 3.52. The molecule has 0 spiro atoms. The Kier molecular flexibility index (Phi) is 5.14. The van der Waals surface area contributed by atoms with Crippen molar-refractivity contribution in [3.63, 3.8) is 0 Å². The highest BCUT2D eigenvalue weighted by Crippen LogP contribution is 2.20. The fourth-order valence-corrected chi connectivity index (χ4v) is 2.48. The molecule has 1 aromatic heterocycles. The number of nitrogens with two attached hydrogens (primary N) is 1. The average Bonchev–Trinajstić information content (AvgIpc) is 2.59. The summed E-state index contributed by atoms with van der Waals surface area (Å²) in [7, 11) is 1.69. The number of aryl methyl sites for hydroxylation is 1. The molecule has 0 aliphatic rings. The molecule has 0 fully saturated rings. The van der Waals surface area contributed by atoms with Gasteiger partial charge in [-0.3, -0.25) is 0 Å². The van der Waals surface area contributed by atoms with Crippen LogP contribution in [0.1, 0.15) is 28.9 Å². The van der Waals surface area contributed by atoms with Crippen LogP contribution in [0.4, 0.5) is 0 Å². The first-order chi connectivity index (χ1) is 7.19. The van der Waals surface area contributed by atoms with E-state index < -0.39 is 0 Å². The normalized spacial score (nSPS) is 10.5. The van der Waals surface area contributed by atoms with E-state index in [1.165, 1.54) is 0 Å². The van der Waals surface area contributed by atoms with E-state index in [1.54, 1.807) is 18.4 Å². The topological polar surface area (TPSA) is 48.1 Å². The van der Waals surface area contributed by atoms with Crippen molar-refractivity contribution in [2.24, 2.45) is 5.73 Å². The molecule has 0 aromatic carbocycles. The van der Waals surface area contributed by atoms with Gasteiger partial charge < -0.3 is 10.5 Å². The largest absolute Gasteiger partial charge is 0.389 e. The second-order valence-corrected chi connectivity index (χ2v) is 4.76. The predicted molar refractivity (Wildman–Crippen MR) is 67.6 cm³/mol. The summed E-state index contributed by atoms with van der Waals surface area (Å²) in [5, 5.41) is 1.06. The summed E-state index contributed by atoms with van der Waals surface area (Å²) < 4.78 is 5.02. The summed E-state index contributed by atoms with van der Waals surface area (Å²) in [5.74, 6) is 0. The van der Waals surface area contributed by atoms with E-state index >= 15 is 0 Å². The number of hydrogen-bond donors (Lipinski definition) is 1. The summed E-state index contributed by atoms with van der Waals surface area (Å²) in [4.78, 5) is 5.96. The fourth-order valence-electron chi connectivity index (χ4n) is 1.30. The molecule has 1 heterocycles. The molecule has 0 radical (unpaired) electrons. The van der Waals surface area contributed by atoms with E-state index in [0.717, 1.165) is 34.8 Å². The summed E-state index contributed by atoms with van der Waals surface area (Å²) in [6, 6.07) is 0. The first-order valence-electron chi connectivity index (χ1n) is 4.96. The summed E-state index contributed by atoms with van der Waals surface area (Å²) in [6.07, 6.45) is 2.83. The molecule has 0 saturated carbocycles. The average molecular weight is 244 g/mol. The SMILES string of the molecule is CCCc1nc(CCOC)sc1C(N)=S. The first-order valence-corrected chi connectivity index (χ1v) is 6.18. The van der Waals surface area contributed by atoms with Crippen LogP contribution in [0.2, 0.25) is 0 Å². The van der Waals surface area contributed by atoms with Crippen molar-refractivity contribution in [3.8, 4) is 0 Å². The smallest absolute Gasteiger partial charge is 0.116 e. The van der Waals surface area contributed by atoms with E-state index in [0.29, 0.717) is 11.6 Å². The Morgan fingerprint density at radius 3 is 2.80 bits per heavy atom. The molecule has 1 rings (SSSR count). The van der Waals surface area contributed by atoms with Gasteiger partial charge in [0.25, 0.3) is 0 Å². The van der Waals surface area contributed by atoms with Crippen molar-refractivity contribution in [1.82, 2.24) is 4.98 Å². The molecule has 1 aromatic rings. The van der Waals surface area contributed by atoms with E-state index in [-0.39, 0.29) is 0 Å². The van der Waals surface area contributed by atoms with Gasteiger partial charge in [0.1, 0.15) is 4.99 Å². The van der Waals surface area contributed by atoms with Crippen molar-refractivity contribution in [2.75, 3.05) is 13.7 Å². The Hall–Kier alpha value is -0.520. The minimum atomic E-state index is 0.458. The lowest BCUT2D eigenvalue weighted by Crippen LogP contribution is -2.09. The first kappa shape index (κ1) is 12.5. The predicted octanol–water partition coefficient (Wildman–Crippen LogP) is 1.92. The quantitative estimate of drug-likeness (QED) is 0.777. The van der Waals surface area contributed by atoms with Crippen molar-refractivity contribution < 1.29 is 4.74 Å². The van der Waals surface area contributed by atoms with Gasteiger partial charge in [-0.15, -0.1) is 11.3 Å². The number of ether oxygens (including phenoxy) is 1. The van der Waals surface area contributed by atoms with Gasteiger partial charge in [0.15, 0.2) is 0 Å². The van der Waals surface area contributed by atoms with Crippen LogP contribution in [-0.4, -0.2) is 23.7 Å².